The lowest BCUT2D eigenvalue weighted by Gasteiger charge is -2.01. The molecule has 2 heterocycles. The molecule has 0 saturated heterocycles. The molecule has 1 N–H and O–H groups in total. The molecular formula is C19H20N2OS2. The summed E-state index contributed by atoms with van der Waals surface area (Å²) < 4.78 is 0. The van der Waals surface area contributed by atoms with E-state index in [9.17, 15) is 4.79 Å². The Morgan fingerprint density at radius 2 is 1.96 bits per heavy atom. The van der Waals surface area contributed by atoms with Gasteiger partial charge in [0.15, 0.2) is 5.13 Å². The van der Waals surface area contributed by atoms with Crippen LogP contribution >= 0.6 is 22.7 Å². The highest BCUT2D eigenvalue weighted by molar-refractivity contribution is 7.14. The Morgan fingerprint density at radius 1 is 1.21 bits per heavy atom. The number of aromatic nitrogens is 1. The van der Waals surface area contributed by atoms with Crippen molar-refractivity contribution in [3.05, 3.63) is 56.6 Å². The van der Waals surface area contributed by atoms with Crippen molar-refractivity contribution in [1.29, 1.82) is 0 Å². The van der Waals surface area contributed by atoms with Gasteiger partial charge in [-0.2, -0.15) is 0 Å². The van der Waals surface area contributed by atoms with Gasteiger partial charge >= 0.3 is 0 Å². The third kappa shape index (κ3) is 3.74. The van der Waals surface area contributed by atoms with E-state index in [0.717, 1.165) is 39.4 Å². The van der Waals surface area contributed by atoms with Crippen LogP contribution in [0.15, 0.2) is 35.7 Å². The van der Waals surface area contributed by atoms with Crippen LogP contribution in [0, 0.1) is 13.8 Å². The van der Waals surface area contributed by atoms with Crippen LogP contribution in [0.25, 0.3) is 11.3 Å². The van der Waals surface area contributed by atoms with Crippen molar-refractivity contribution in [2.24, 2.45) is 0 Å². The van der Waals surface area contributed by atoms with Gasteiger partial charge in [-0.3, -0.25) is 10.1 Å². The third-order valence-electron chi connectivity index (χ3n) is 3.80. The molecule has 0 radical (unpaired) electrons. The summed E-state index contributed by atoms with van der Waals surface area (Å²) in [6.45, 7) is 6.16. The van der Waals surface area contributed by atoms with E-state index in [1.807, 2.05) is 25.3 Å². The molecule has 3 rings (SSSR count). The molecule has 5 heteroatoms. The fourth-order valence-electron chi connectivity index (χ4n) is 2.62. The normalized spacial score (nSPS) is 10.8. The highest BCUT2D eigenvalue weighted by Gasteiger charge is 2.14. The number of anilines is 1. The zero-order valence-electron chi connectivity index (χ0n) is 14.1. The summed E-state index contributed by atoms with van der Waals surface area (Å²) in [5, 5.41) is 5.53. The van der Waals surface area contributed by atoms with E-state index < -0.39 is 0 Å². The number of thiazole rings is 1. The summed E-state index contributed by atoms with van der Waals surface area (Å²) in [4.78, 5) is 19.1. The number of thiophene rings is 1. The average Bonchev–Trinajstić information content (AvgIpc) is 3.15. The summed E-state index contributed by atoms with van der Waals surface area (Å²) in [7, 11) is 0. The van der Waals surface area contributed by atoms with Gasteiger partial charge in [-0.1, -0.05) is 37.6 Å². The molecule has 0 saturated carbocycles. The summed E-state index contributed by atoms with van der Waals surface area (Å²) in [5.41, 5.74) is 4.05. The lowest BCUT2D eigenvalue weighted by molar-refractivity contribution is 0.102. The van der Waals surface area contributed by atoms with Crippen LogP contribution in [-0.2, 0) is 6.42 Å². The molecule has 0 atom stereocenters. The molecule has 1 aromatic carbocycles. The maximum Gasteiger partial charge on any atom is 0.258 e. The molecule has 3 nitrogen and oxygen atoms in total. The zero-order valence-corrected chi connectivity index (χ0v) is 15.7. The second-order valence-electron chi connectivity index (χ2n) is 5.77. The summed E-state index contributed by atoms with van der Waals surface area (Å²) in [6, 6.07) is 10.4. The van der Waals surface area contributed by atoms with Gasteiger partial charge in [-0.25, -0.2) is 4.98 Å². The lowest BCUT2D eigenvalue weighted by atomic mass is 10.1. The van der Waals surface area contributed by atoms with Gasteiger partial charge in [0, 0.05) is 20.7 Å². The van der Waals surface area contributed by atoms with Crippen LogP contribution in [0.5, 0.6) is 0 Å². The summed E-state index contributed by atoms with van der Waals surface area (Å²) >= 11 is 3.09. The minimum absolute atomic E-state index is 0.0870. The van der Waals surface area contributed by atoms with Crippen molar-refractivity contribution < 1.29 is 4.79 Å². The molecular weight excluding hydrogens is 336 g/mol. The van der Waals surface area contributed by atoms with Crippen molar-refractivity contribution in [3.63, 3.8) is 0 Å². The molecule has 3 aromatic rings. The molecule has 1 amide bonds. The smallest absolute Gasteiger partial charge is 0.258 e. The van der Waals surface area contributed by atoms with Gasteiger partial charge in [0.2, 0.25) is 0 Å². The van der Waals surface area contributed by atoms with Gasteiger partial charge in [-0.05, 0) is 31.9 Å². The number of hydrogen-bond acceptors (Lipinski definition) is 4. The van der Waals surface area contributed by atoms with Crippen LogP contribution < -0.4 is 5.32 Å². The second-order valence-corrected chi connectivity index (χ2v) is 8.08. The topological polar surface area (TPSA) is 42.0 Å². The van der Waals surface area contributed by atoms with E-state index in [-0.39, 0.29) is 5.91 Å². The first-order valence-electron chi connectivity index (χ1n) is 8.00. The Morgan fingerprint density at radius 3 is 2.58 bits per heavy atom. The average molecular weight is 357 g/mol. The minimum Gasteiger partial charge on any atom is -0.298 e. The quantitative estimate of drug-likeness (QED) is 0.638. The van der Waals surface area contributed by atoms with E-state index in [4.69, 9.17) is 0 Å². The van der Waals surface area contributed by atoms with Gasteiger partial charge in [0.1, 0.15) is 0 Å². The molecule has 24 heavy (non-hydrogen) atoms. The van der Waals surface area contributed by atoms with Crippen LogP contribution in [0.1, 0.15) is 39.0 Å². The third-order valence-corrected chi connectivity index (χ3v) is 5.52. The van der Waals surface area contributed by atoms with Crippen LogP contribution in [-0.4, -0.2) is 10.9 Å². The Hall–Kier alpha value is -1.98. The van der Waals surface area contributed by atoms with Crippen LogP contribution in [0.3, 0.4) is 0 Å². The fourth-order valence-corrected chi connectivity index (χ4v) is 4.25. The number of carbonyl (C=O) groups excluding carboxylic acids is 1. The summed E-state index contributed by atoms with van der Waals surface area (Å²) in [6.07, 6.45) is 2.24. The minimum atomic E-state index is -0.0870. The number of aryl methyl sites for hydroxylation is 3. The fraction of sp³-hybridized carbons (Fsp3) is 0.263. The zero-order chi connectivity index (χ0) is 17.1. The predicted octanol–water partition coefficient (Wildman–Crippen LogP) is 5.69. The van der Waals surface area contributed by atoms with Crippen molar-refractivity contribution in [1.82, 2.24) is 4.98 Å². The molecule has 0 spiro atoms. The molecule has 2 aromatic heterocycles. The highest BCUT2D eigenvalue weighted by Crippen LogP contribution is 2.27. The van der Waals surface area contributed by atoms with Gasteiger partial charge in [0.25, 0.3) is 5.91 Å². The standard InChI is InChI=1S/C19H20N2OS2/c1-4-5-14-6-8-15(9-7-14)17-11-23-19(20-17)21-18(22)16-10-12(2)24-13(16)3/h6-11H,4-5H2,1-3H3,(H,20,21,22). The van der Waals surface area contributed by atoms with E-state index >= 15 is 0 Å². The Kier molecular flexibility index (Phi) is 5.11. The van der Waals surface area contributed by atoms with Crippen molar-refractivity contribution in [3.8, 4) is 11.3 Å². The monoisotopic (exact) mass is 356 g/mol. The van der Waals surface area contributed by atoms with Crippen LogP contribution in [0.2, 0.25) is 0 Å². The number of rotatable bonds is 5. The number of benzene rings is 1. The number of hydrogen-bond donors (Lipinski definition) is 1. The van der Waals surface area contributed by atoms with Gasteiger partial charge in [-0.15, -0.1) is 22.7 Å². The first kappa shape index (κ1) is 16.9. The van der Waals surface area contributed by atoms with E-state index in [1.165, 1.54) is 16.9 Å². The predicted molar refractivity (Wildman–Crippen MR) is 103 cm³/mol. The molecule has 0 bridgehead atoms. The first-order valence-corrected chi connectivity index (χ1v) is 9.69. The Labute approximate surface area is 150 Å². The van der Waals surface area contributed by atoms with Crippen molar-refractivity contribution in [2.45, 2.75) is 33.6 Å². The molecule has 0 aliphatic rings. The molecule has 0 aliphatic heterocycles. The Bertz CT molecular complexity index is 847. The number of nitrogens with one attached hydrogen (secondary N) is 1. The maximum absolute atomic E-state index is 12.4. The van der Waals surface area contributed by atoms with Crippen molar-refractivity contribution in [2.75, 3.05) is 5.32 Å². The number of carbonyl (C=O) groups is 1. The largest absolute Gasteiger partial charge is 0.298 e. The molecule has 0 aliphatic carbocycles. The highest BCUT2D eigenvalue weighted by atomic mass is 32.1. The molecule has 124 valence electrons. The second kappa shape index (κ2) is 7.28. The maximum atomic E-state index is 12.4. The van der Waals surface area contributed by atoms with Gasteiger partial charge < -0.3 is 0 Å². The molecule has 0 fully saturated rings. The van der Waals surface area contributed by atoms with E-state index in [0.29, 0.717) is 5.13 Å². The van der Waals surface area contributed by atoms with Crippen LogP contribution in [0.4, 0.5) is 5.13 Å². The lowest BCUT2D eigenvalue weighted by Crippen LogP contribution is -2.11. The van der Waals surface area contributed by atoms with E-state index in [1.54, 1.807) is 11.3 Å². The number of nitrogens with zero attached hydrogens (tertiary/aromatic N) is 1. The van der Waals surface area contributed by atoms with Gasteiger partial charge in [0.05, 0.1) is 11.3 Å². The number of amides is 1. The SMILES string of the molecule is CCCc1ccc(-c2csc(NC(=O)c3cc(C)sc3C)n2)cc1. The molecule has 0 unspecified atom stereocenters. The first-order chi connectivity index (χ1) is 11.6. The van der Waals surface area contributed by atoms with E-state index in [2.05, 4.69) is 41.5 Å². The summed E-state index contributed by atoms with van der Waals surface area (Å²) in [5.74, 6) is -0.0870. The van der Waals surface area contributed by atoms with Crippen molar-refractivity contribution >= 4 is 33.7 Å². The Balaban J connectivity index is 1.73.